The second-order valence-electron chi connectivity index (χ2n) is 6.56. The van der Waals surface area contributed by atoms with Gasteiger partial charge in [-0.15, -0.1) is 0 Å². The number of esters is 1. The predicted octanol–water partition coefficient (Wildman–Crippen LogP) is 2.53. The molecule has 1 atom stereocenters. The van der Waals surface area contributed by atoms with Gasteiger partial charge in [-0.2, -0.15) is 0 Å². The smallest absolute Gasteiger partial charge is 0.336 e. The molecule has 0 heterocycles. The highest BCUT2D eigenvalue weighted by atomic mass is 16.5. The SMILES string of the molecule is CC(C)=CCCC(O)(CC(=O)OCC(C)(C)C)C(=O)O. The lowest BCUT2D eigenvalue weighted by Gasteiger charge is -2.23. The Balaban J connectivity index is 4.56. The summed E-state index contributed by atoms with van der Waals surface area (Å²) in [6.07, 6.45) is 1.68. The van der Waals surface area contributed by atoms with Crippen LogP contribution in [0.15, 0.2) is 11.6 Å². The Labute approximate surface area is 120 Å². The van der Waals surface area contributed by atoms with Gasteiger partial charge >= 0.3 is 11.9 Å². The van der Waals surface area contributed by atoms with Gasteiger partial charge in [0.2, 0.25) is 0 Å². The van der Waals surface area contributed by atoms with Crippen molar-refractivity contribution in [1.82, 2.24) is 0 Å². The fourth-order valence-corrected chi connectivity index (χ4v) is 1.46. The minimum absolute atomic E-state index is 0.0157. The molecule has 0 spiro atoms. The van der Waals surface area contributed by atoms with E-state index in [1.54, 1.807) is 0 Å². The first-order valence-electron chi connectivity index (χ1n) is 6.71. The lowest BCUT2D eigenvalue weighted by Crippen LogP contribution is -2.41. The molecule has 5 heteroatoms. The van der Waals surface area contributed by atoms with Crippen LogP contribution >= 0.6 is 0 Å². The number of carboxylic acid groups (broad SMARTS) is 1. The topological polar surface area (TPSA) is 83.8 Å². The molecule has 5 nitrogen and oxygen atoms in total. The minimum atomic E-state index is -2.07. The maximum absolute atomic E-state index is 11.6. The van der Waals surface area contributed by atoms with E-state index in [-0.39, 0.29) is 18.4 Å². The molecule has 0 amide bonds. The van der Waals surface area contributed by atoms with Crippen molar-refractivity contribution in [2.24, 2.45) is 5.41 Å². The van der Waals surface area contributed by atoms with Gasteiger partial charge in [0.15, 0.2) is 5.60 Å². The van der Waals surface area contributed by atoms with Crippen molar-refractivity contribution in [3.63, 3.8) is 0 Å². The number of hydrogen-bond donors (Lipinski definition) is 2. The van der Waals surface area contributed by atoms with Gasteiger partial charge in [0.25, 0.3) is 0 Å². The van der Waals surface area contributed by atoms with E-state index in [0.29, 0.717) is 6.42 Å². The number of rotatable bonds is 7. The highest BCUT2D eigenvalue weighted by Gasteiger charge is 2.38. The van der Waals surface area contributed by atoms with Gasteiger partial charge in [-0.05, 0) is 32.1 Å². The van der Waals surface area contributed by atoms with Crippen LogP contribution in [0.3, 0.4) is 0 Å². The number of aliphatic hydroxyl groups is 1. The van der Waals surface area contributed by atoms with Crippen LogP contribution in [-0.2, 0) is 14.3 Å². The summed E-state index contributed by atoms with van der Waals surface area (Å²) >= 11 is 0. The van der Waals surface area contributed by atoms with E-state index in [2.05, 4.69) is 0 Å². The largest absolute Gasteiger partial charge is 0.479 e. The molecule has 0 aromatic carbocycles. The van der Waals surface area contributed by atoms with Gasteiger partial charge < -0.3 is 14.9 Å². The maximum atomic E-state index is 11.6. The molecule has 0 saturated carbocycles. The third-order valence-corrected chi connectivity index (χ3v) is 2.61. The van der Waals surface area contributed by atoms with Crippen LogP contribution in [0.25, 0.3) is 0 Å². The normalized spacial score (nSPS) is 14.3. The molecule has 0 bridgehead atoms. The van der Waals surface area contributed by atoms with E-state index in [1.807, 2.05) is 40.7 Å². The van der Waals surface area contributed by atoms with Crippen molar-refractivity contribution in [2.45, 2.75) is 59.5 Å². The van der Waals surface area contributed by atoms with Gasteiger partial charge in [-0.3, -0.25) is 4.79 Å². The van der Waals surface area contributed by atoms with Crippen molar-refractivity contribution in [1.29, 1.82) is 0 Å². The van der Waals surface area contributed by atoms with Crippen LogP contribution in [0.2, 0.25) is 0 Å². The van der Waals surface area contributed by atoms with Crippen molar-refractivity contribution in [2.75, 3.05) is 6.61 Å². The molecule has 0 aliphatic carbocycles. The average molecular weight is 286 g/mol. The molecule has 0 aliphatic rings. The second kappa shape index (κ2) is 7.43. The van der Waals surface area contributed by atoms with E-state index in [1.165, 1.54) is 0 Å². The van der Waals surface area contributed by atoms with E-state index >= 15 is 0 Å². The number of hydrogen-bond acceptors (Lipinski definition) is 4. The lowest BCUT2D eigenvalue weighted by molar-refractivity contribution is -0.168. The van der Waals surface area contributed by atoms with Crippen molar-refractivity contribution < 1.29 is 24.5 Å². The number of carboxylic acids is 1. The van der Waals surface area contributed by atoms with Gasteiger partial charge in [0.05, 0.1) is 13.0 Å². The van der Waals surface area contributed by atoms with Crippen molar-refractivity contribution in [3.05, 3.63) is 11.6 Å². The Morgan fingerprint density at radius 1 is 1.20 bits per heavy atom. The molecule has 0 radical (unpaired) electrons. The molecule has 20 heavy (non-hydrogen) atoms. The zero-order chi connectivity index (χ0) is 16.0. The number of carbonyl (C=O) groups excluding carboxylic acids is 1. The van der Waals surface area contributed by atoms with Crippen molar-refractivity contribution >= 4 is 11.9 Å². The summed E-state index contributed by atoms with van der Waals surface area (Å²) in [5, 5.41) is 19.2. The Bertz CT molecular complexity index is 374. The van der Waals surface area contributed by atoms with Crippen LogP contribution < -0.4 is 0 Å². The van der Waals surface area contributed by atoms with E-state index in [9.17, 15) is 14.7 Å². The minimum Gasteiger partial charge on any atom is -0.479 e. The quantitative estimate of drug-likeness (QED) is 0.555. The zero-order valence-electron chi connectivity index (χ0n) is 13.0. The number of ether oxygens (including phenoxy) is 1. The first-order valence-corrected chi connectivity index (χ1v) is 6.71. The lowest BCUT2D eigenvalue weighted by atomic mass is 9.93. The highest BCUT2D eigenvalue weighted by molar-refractivity contribution is 5.84. The summed E-state index contributed by atoms with van der Waals surface area (Å²) in [7, 11) is 0. The maximum Gasteiger partial charge on any atom is 0.336 e. The summed E-state index contributed by atoms with van der Waals surface area (Å²) in [5.41, 5.74) is -1.23. The van der Waals surface area contributed by atoms with Gasteiger partial charge in [0.1, 0.15) is 0 Å². The summed E-state index contributed by atoms with van der Waals surface area (Å²) in [6.45, 7) is 9.67. The first kappa shape index (κ1) is 18.6. The number of allylic oxidation sites excluding steroid dienone is 2. The number of aliphatic carboxylic acids is 1. The van der Waals surface area contributed by atoms with Crippen LogP contribution in [0, 0.1) is 5.41 Å². The van der Waals surface area contributed by atoms with Crippen LogP contribution in [-0.4, -0.2) is 34.4 Å². The third kappa shape index (κ3) is 7.94. The highest BCUT2D eigenvalue weighted by Crippen LogP contribution is 2.21. The summed E-state index contributed by atoms with van der Waals surface area (Å²) in [4.78, 5) is 22.8. The molecular weight excluding hydrogens is 260 g/mol. The molecule has 0 aromatic rings. The van der Waals surface area contributed by atoms with Gasteiger partial charge in [-0.25, -0.2) is 4.79 Å². The van der Waals surface area contributed by atoms with Crippen LogP contribution in [0.5, 0.6) is 0 Å². The second-order valence-corrected chi connectivity index (χ2v) is 6.56. The molecular formula is C15H26O5. The molecule has 0 aliphatic heterocycles. The summed E-state index contributed by atoms with van der Waals surface area (Å²) in [6, 6.07) is 0. The van der Waals surface area contributed by atoms with E-state index in [4.69, 9.17) is 9.84 Å². The zero-order valence-corrected chi connectivity index (χ0v) is 13.0. The fourth-order valence-electron chi connectivity index (χ4n) is 1.46. The Morgan fingerprint density at radius 3 is 2.15 bits per heavy atom. The van der Waals surface area contributed by atoms with Gasteiger partial charge in [-0.1, -0.05) is 32.4 Å². The number of carbonyl (C=O) groups is 2. The molecule has 2 N–H and O–H groups in total. The molecule has 0 fully saturated rings. The summed E-state index contributed by atoms with van der Waals surface area (Å²) in [5.74, 6) is -2.09. The monoisotopic (exact) mass is 286 g/mol. The Morgan fingerprint density at radius 2 is 1.75 bits per heavy atom. The Hall–Kier alpha value is -1.36. The van der Waals surface area contributed by atoms with Crippen LogP contribution in [0.4, 0.5) is 0 Å². The van der Waals surface area contributed by atoms with Crippen LogP contribution in [0.1, 0.15) is 53.9 Å². The molecule has 0 rings (SSSR count). The standard InChI is InChI=1S/C15H26O5/c1-11(2)7-6-8-15(19,13(17)18)9-12(16)20-10-14(3,4)5/h7,19H,6,8-10H2,1-5H3,(H,17,18). The molecule has 0 aromatic heterocycles. The predicted molar refractivity (Wildman–Crippen MR) is 76.3 cm³/mol. The molecule has 116 valence electrons. The molecule has 0 saturated heterocycles. The summed E-state index contributed by atoms with van der Waals surface area (Å²) < 4.78 is 5.00. The van der Waals surface area contributed by atoms with Crippen molar-refractivity contribution in [3.8, 4) is 0 Å². The third-order valence-electron chi connectivity index (χ3n) is 2.61. The molecule has 1 unspecified atom stereocenters. The van der Waals surface area contributed by atoms with E-state index < -0.39 is 24.0 Å². The fraction of sp³-hybridized carbons (Fsp3) is 0.733. The van der Waals surface area contributed by atoms with E-state index in [0.717, 1.165) is 5.57 Å². The van der Waals surface area contributed by atoms with Gasteiger partial charge in [0, 0.05) is 0 Å². The first-order chi connectivity index (χ1) is 8.96. The average Bonchev–Trinajstić information content (AvgIpc) is 2.24. The Kier molecular flexibility index (Phi) is 6.92.